The third-order valence-corrected chi connectivity index (χ3v) is 6.59. The standard InChI is InChI=1S/C26H48N2O12/c1-6-9-16(8-3)39-26(23(34)35)13-17(30)20(22(40-26)21(33)18(31)15-29)28-19(32)14-27-24(36)37-12-10-25(4,5)38-11-7-2/h16-18,20-22,29-31,33H,6-15H2,1-5H3,(H,27,36)(H,28,32)(H,34,35). The van der Waals surface area contributed by atoms with E-state index in [0.717, 1.165) is 6.42 Å². The van der Waals surface area contributed by atoms with Gasteiger partial charge in [0.2, 0.25) is 5.91 Å². The number of carbonyl (C=O) groups excluding carboxylic acids is 2. The Morgan fingerprint density at radius 3 is 2.35 bits per heavy atom. The minimum Gasteiger partial charge on any atom is -0.477 e. The lowest BCUT2D eigenvalue weighted by Gasteiger charge is -2.47. The fraction of sp³-hybridized carbons (Fsp3) is 0.885. The quantitative estimate of drug-likeness (QED) is 0.114. The van der Waals surface area contributed by atoms with Crippen molar-refractivity contribution in [2.24, 2.45) is 0 Å². The second-order valence-corrected chi connectivity index (χ2v) is 10.5. The second-order valence-electron chi connectivity index (χ2n) is 10.5. The van der Waals surface area contributed by atoms with E-state index >= 15 is 0 Å². The zero-order chi connectivity index (χ0) is 30.5. The van der Waals surface area contributed by atoms with Crippen LogP contribution in [0, 0.1) is 0 Å². The first kappa shape index (κ1) is 36.0. The van der Waals surface area contributed by atoms with Gasteiger partial charge in [0.05, 0.1) is 37.1 Å². The van der Waals surface area contributed by atoms with Crippen molar-refractivity contribution in [2.75, 3.05) is 26.4 Å². The van der Waals surface area contributed by atoms with Gasteiger partial charge in [0.15, 0.2) is 0 Å². The fourth-order valence-corrected chi connectivity index (χ4v) is 4.23. The van der Waals surface area contributed by atoms with Crippen LogP contribution in [-0.4, -0.2) is 118 Å². The molecule has 14 heteroatoms. The Hall–Kier alpha value is -2.07. The maximum atomic E-state index is 12.6. The largest absolute Gasteiger partial charge is 0.477 e. The Kier molecular flexibility index (Phi) is 15.3. The molecule has 0 bridgehead atoms. The lowest BCUT2D eigenvalue weighted by molar-refractivity contribution is -0.323. The van der Waals surface area contributed by atoms with Crippen molar-refractivity contribution in [2.45, 2.75) is 121 Å². The molecule has 0 aromatic carbocycles. The van der Waals surface area contributed by atoms with E-state index in [1.807, 2.05) is 27.7 Å². The molecule has 7 atom stereocenters. The predicted molar refractivity (Wildman–Crippen MR) is 141 cm³/mol. The van der Waals surface area contributed by atoms with Crippen LogP contribution in [0.3, 0.4) is 0 Å². The SMILES string of the molecule is CCCOC(C)(C)CCOC(=O)NCC(=O)NC1C(O)CC(OC(CC)CCC)(C(=O)O)OC1C(O)C(O)CO. The van der Waals surface area contributed by atoms with E-state index in [1.54, 1.807) is 6.92 Å². The molecule has 0 radical (unpaired) electrons. The normalized spacial score (nSPS) is 25.5. The summed E-state index contributed by atoms with van der Waals surface area (Å²) in [4.78, 5) is 36.9. The average molecular weight is 581 g/mol. The maximum absolute atomic E-state index is 12.6. The first-order chi connectivity index (χ1) is 18.8. The summed E-state index contributed by atoms with van der Waals surface area (Å²) in [6, 6.07) is -1.42. The molecule has 1 heterocycles. The molecule has 14 nitrogen and oxygen atoms in total. The van der Waals surface area contributed by atoms with Crippen LogP contribution < -0.4 is 10.6 Å². The molecule has 1 aliphatic rings. The van der Waals surface area contributed by atoms with Crippen LogP contribution in [0.1, 0.15) is 73.1 Å². The van der Waals surface area contributed by atoms with Crippen LogP contribution in [0.4, 0.5) is 4.79 Å². The van der Waals surface area contributed by atoms with Crippen LogP contribution in [0.25, 0.3) is 0 Å². The number of alkyl carbamates (subject to hydrolysis) is 1. The first-order valence-corrected chi connectivity index (χ1v) is 13.8. The van der Waals surface area contributed by atoms with Crippen LogP contribution in [0.15, 0.2) is 0 Å². The maximum Gasteiger partial charge on any atom is 0.407 e. The minimum atomic E-state index is -2.38. The van der Waals surface area contributed by atoms with E-state index in [-0.39, 0.29) is 6.61 Å². The molecular weight excluding hydrogens is 532 g/mol. The van der Waals surface area contributed by atoms with Crippen molar-refractivity contribution < 1.29 is 58.9 Å². The number of carboxylic acid groups (broad SMARTS) is 1. The van der Waals surface area contributed by atoms with Gasteiger partial charge in [-0.05, 0) is 33.1 Å². The third-order valence-electron chi connectivity index (χ3n) is 6.59. The van der Waals surface area contributed by atoms with Crippen molar-refractivity contribution in [1.29, 1.82) is 0 Å². The van der Waals surface area contributed by atoms with Gasteiger partial charge < -0.3 is 55.1 Å². The Bertz CT molecular complexity index is 798. The zero-order valence-corrected chi connectivity index (χ0v) is 24.1. The summed E-state index contributed by atoms with van der Waals surface area (Å²) >= 11 is 0. The Morgan fingerprint density at radius 1 is 1.12 bits per heavy atom. The number of nitrogens with one attached hydrogen (secondary N) is 2. The molecule has 234 valence electrons. The highest BCUT2D eigenvalue weighted by atomic mass is 16.7. The van der Waals surface area contributed by atoms with Gasteiger partial charge in [0, 0.05) is 19.4 Å². The predicted octanol–water partition coefficient (Wildman–Crippen LogP) is 0.0328. The number of ether oxygens (including phenoxy) is 4. The summed E-state index contributed by atoms with van der Waals surface area (Å²) in [7, 11) is 0. The van der Waals surface area contributed by atoms with Crippen molar-refractivity contribution in [3.63, 3.8) is 0 Å². The second kappa shape index (κ2) is 17.0. The number of aliphatic hydroxyl groups is 4. The fourth-order valence-electron chi connectivity index (χ4n) is 4.23. The third kappa shape index (κ3) is 11.1. The molecular formula is C26H48N2O12. The highest BCUT2D eigenvalue weighted by molar-refractivity contribution is 5.82. The van der Waals surface area contributed by atoms with Gasteiger partial charge in [-0.25, -0.2) is 9.59 Å². The van der Waals surface area contributed by atoms with Gasteiger partial charge in [-0.1, -0.05) is 27.2 Å². The van der Waals surface area contributed by atoms with Crippen LogP contribution in [0.5, 0.6) is 0 Å². The summed E-state index contributed by atoms with van der Waals surface area (Å²) in [5.74, 6) is -4.75. The van der Waals surface area contributed by atoms with Crippen LogP contribution >= 0.6 is 0 Å². The first-order valence-electron chi connectivity index (χ1n) is 13.8. The van der Waals surface area contributed by atoms with Crippen LogP contribution in [-0.2, 0) is 28.5 Å². The Balaban J connectivity index is 2.91. The van der Waals surface area contributed by atoms with Gasteiger partial charge in [-0.2, -0.15) is 0 Å². The average Bonchev–Trinajstić information content (AvgIpc) is 2.90. The number of amides is 2. The van der Waals surface area contributed by atoms with Gasteiger partial charge in [-0.15, -0.1) is 0 Å². The molecule has 1 rings (SSSR count). The molecule has 40 heavy (non-hydrogen) atoms. The molecule has 7 N–H and O–H groups in total. The Morgan fingerprint density at radius 2 is 1.80 bits per heavy atom. The summed E-state index contributed by atoms with van der Waals surface area (Å²) < 4.78 is 22.2. The van der Waals surface area contributed by atoms with E-state index in [2.05, 4.69) is 10.6 Å². The highest BCUT2D eigenvalue weighted by Crippen LogP contribution is 2.35. The zero-order valence-electron chi connectivity index (χ0n) is 24.1. The van der Waals surface area contributed by atoms with Gasteiger partial charge >= 0.3 is 12.1 Å². The molecule has 0 aliphatic carbocycles. The van der Waals surface area contributed by atoms with Gasteiger partial charge in [0.1, 0.15) is 24.9 Å². The monoisotopic (exact) mass is 580 g/mol. The van der Waals surface area contributed by atoms with Crippen molar-refractivity contribution in [1.82, 2.24) is 10.6 Å². The summed E-state index contributed by atoms with van der Waals surface area (Å²) in [6.45, 7) is 8.52. The van der Waals surface area contributed by atoms with Gasteiger partial charge in [-0.3, -0.25) is 4.79 Å². The highest BCUT2D eigenvalue weighted by Gasteiger charge is 2.56. The summed E-state index contributed by atoms with van der Waals surface area (Å²) in [5.41, 5.74) is -0.498. The molecule has 7 unspecified atom stereocenters. The van der Waals surface area contributed by atoms with E-state index in [0.29, 0.717) is 32.3 Å². The van der Waals surface area contributed by atoms with Crippen LogP contribution in [0.2, 0.25) is 0 Å². The topological polar surface area (TPSA) is 213 Å². The van der Waals surface area contributed by atoms with Crippen molar-refractivity contribution >= 4 is 18.0 Å². The number of carbonyl (C=O) groups is 3. The van der Waals surface area contributed by atoms with E-state index in [9.17, 15) is 39.9 Å². The van der Waals surface area contributed by atoms with E-state index < -0.39 is 85.5 Å². The summed E-state index contributed by atoms with van der Waals surface area (Å²) in [6.07, 6.45) is -6.08. The van der Waals surface area contributed by atoms with Crippen molar-refractivity contribution in [3.8, 4) is 0 Å². The molecule has 1 aliphatic heterocycles. The smallest absolute Gasteiger partial charge is 0.407 e. The minimum absolute atomic E-state index is 0.0424. The number of rotatable bonds is 18. The molecule has 0 spiro atoms. The lowest BCUT2D eigenvalue weighted by atomic mass is 9.88. The number of aliphatic carboxylic acids is 1. The molecule has 1 fully saturated rings. The van der Waals surface area contributed by atoms with Gasteiger partial charge in [0.25, 0.3) is 5.79 Å². The number of hydrogen-bond donors (Lipinski definition) is 7. The molecule has 1 saturated heterocycles. The summed E-state index contributed by atoms with van der Waals surface area (Å²) in [5, 5.41) is 55.6. The number of aliphatic hydroxyl groups excluding tert-OH is 4. The lowest BCUT2D eigenvalue weighted by Crippen LogP contribution is -2.68. The van der Waals surface area contributed by atoms with E-state index in [4.69, 9.17) is 18.9 Å². The number of carboxylic acids is 1. The molecule has 0 aromatic heterocycles. The Labute approximate surface area is 235 Å². The molecule has 2 amide bonds. The molecule has 0 saturated carbocycles. The van der Waals surface area contributed by atoms with E-state index in [1.165, 1.54) is 0 Å². The molecule has 0 aromatic rings. The van der Waals surface area contributed by atoms with Crippen molar-refractivity contribution in [3.05, 3.63) is 0 Å². The number of hydrogen-bond acceptors (Lipinski definition) is 11.